The van der Waals surface area contributed by atoms with Gasteiger partial charge in [-0.25, -0.2) is 17.6 Å². The van der Waals surface area contributed by atoms with Gasteiger partial charge in [0.2, 0.25) is 21.6 Å². The predicted octanol–water partition coefficient (Wildman–Crippen LogP) is 5.40. The van der Waals surface area contributed by atoms with Crippen LogP contribution in [-0.2, 0) is 24.3 Å². The van der Waals surface area contributed by atoms with E-state index in [0.717, 1.165) is 13.1 Å². The van der Waals surface area contributed by atoms with Crippen molar-refractivity contribution >= 4 is 39.4 Å². The number of ketones is 2. The molecule has 2 heterocycles. The highest BCUT2D eigenvalue weighted by Gasteiger charge is 2.34. The van der Waals surface area contributed by atoms with Crippen LogP contribution in [0.25, 0.3) is 6.08 Å². The molecule has 0 saturated carbocycles. The van der Waals surface area contributed by atoms with E-state index < -0.39 is 57.5 Å². The minimum absolute atomic E-state index is 0.0327. The molecule has 2 aromatic rings. The van der Waals surface area contributed by atoms with Crippen molar-refractivity contribution in [3.8, 4) is 0 Å². The Bertz CT molecular complexity index is 1800. The fourth-order valence-electron chi connectivity index (χ4n) is 7.65. The molecular formula is C41H55FN4O7S. The zero-order valence-corrected chi connectivity index (χ0v) is 32.9. The number of piperidine rings is 1. The van der Waals surface area contributed by atoms with Crippen LogP contribution in [0.3, 0.4) is 0 Å². The van der Waals surface area contributed by atoms with Crippen LogP contribution in [0.15, 0.2) is 71.2 Å². The molecule has 11 nitrogen and oxygen atoms in total. The topological polar surface area (TPSA) is 128 Å². The molecule has 5 rings (SSSR count). The first-order valence-electron chi connectivity index (χ1n) is 19.0. The summed E-state index contributed by atoms with van der Waals surface area (Å²) in [6.45, 7) is 8.81. The van der Waals surface area contributed by atoms with E-state index in [1.54, 1.807) is 54.3 Å². The molecule has 2 aliphatic heterocycles. The zero-order valence-electron chi connectivity index (χ0n) is 32.1. The predicted molar refractivity (Wildman–Crippen MR) is 207 cm³/mol. The molecule has 2 fully saturated rings. The number of halogens is 1. The van der Waals surface area contributed by atoms with Gasteiger partial charge in [0.1, 0.15) is 11.9 Å². The minimum atomic E-state index is -3.61. The van der Waals surface area contributed by atoms with Crippen molar-refractivity contribution < 1.29 is 37.0 Å². The largest absolute Gasteiger partial charge is 0.442 e. The first kappa shape index (κ1) is 41.3. The molecule has 2 aromatic carbocycles. The Balaban J connectivity index is 1.34. The number of piperazine rings is 1. The standard InChI is InChI=1S/C41H55FN4O7S/c1-28-11-13-35(47)27-37(48)40(49)39(29(2)12-14-38(28)53-41(50)45-21-19-43(4)20-22-45)30(3)23-31-24-32(42)26-34(25-31)44(5)33-15-17-46(18-16-33)54(51,52)36-9-7-6-8-10-36/h6-10,12,14,23-26,28-29,33,35,38-39,47H,11,13,15-22,27H2,1-5H3/b14-12+,30-23+/t28-,29-,35+,38-,39-/m0/s1. The van der Waals surface area contributed by atoms with E-state index in [-0.39, 0.29) is 29.7 Å². The second kappa shape index (κ2) is 18.1. The Morgan fingerprint density at radius 3 is 2.28 bits per heavy atom. The molecule has 13 heteroatoms. The Kier molecular flexibility index (Phi) is 13.9. The van der Waals surface area contributed by atoms with Crippen molar-refractivity contribution in [2.75, 3.05) is 58.3 Å². The Hall–Kier alpha value is -3.91. The molecule has 3 aliphatic rings. The SMILES string of the molecule is C/C(=C\c1cc(F)cc(N(C)C2CCN(S(=O)(=O)c3ccccc3)CC2)c1)[C@H]1C(=O)C(=O)C[C@H](O)CC[C@H](C)[C@@H](OC(=O)N2CCN(C)CC2)/C=C/[C@@H]1C. The third kappa shape index (κ3) is 10.2. The van der Waals surface area contributed by atoms with E-state index in [2.05, 4.69) is 4.90 Å². The molecule has 1 aliphatic carbocycles. The van der Waals surface area contributed by atoms with Crippen molar-refractivity contribution in [1.82, 2.24) is 14.1 Å². The summed E-state index contributed by atoms with van der Waals surface area (Å²) in [6, 6.07) is 13.0. The highest BCUT2D eigenvalue weighted by atomic mass is 32.2. The number of hydrogen-bond donors (Lipinski definition) is 1. The molecule has 54 heavy (non-hydrogen) atoms. The third-order valence-electron chi connectivity index (χ3n) is 11.2. The summed E-state index contributed by atoms with van der Waals surface area (Å²) in [5.41, 5.74) is 1.66. The first-order valence-corrected chi connectivity index (χ1v) is 20.4. The van der Waals surface area contributed by atoms with Crippen LogP contribution in [-0.4, -0.2) is 117 Å². The molecule has 294 valence electrons. The van der Waals surface area contributed by atoms with E-state index in [4.69, 9.17) is 4.74 Å². The molecule has 0 radical (unpaired) electrons. The van der Waals surface area contributed by atoms with E-state index in [1.165, 1.54) is 16.4 Å². The lowest BCUT2D eigenvalue weighted by atomic mass is 9.79. The van der Waals surface area contributed by atoms with Crippen molar-refractivity contribution in [3.05, 3.63) is 77.6 Å². The summed E-state index contributed by atoms with van der Waals surface area (Å²) >= 11 is 0. The highest BCUT2D eigenvalue weighted by Crippen LogP contribution is 2.31. The van der Waals surface area contributed by atoms with Crippen molar-refractivity contribution in [1.29, 1.82) is 0 Å². The molecule has 1 amide bonds. The van der Waals surface area contributed by atoms with Crippen LogP contribution >= 0.6 is 0 Å². The summed E-state index contributed by atoms with van der Waals surface area (Å²) in [4.78, 5) is 46.2. The number of aliphatic hydroxyl groups excluding tert-OH is 1. The molecule has 0 unspecified atom stereocenters. The van der Waals surface area contributed by atoms with Gasteiger partial charge in [0.15, 0.2) is 0 Å². The summed E-state index contributed by atoms with van der Waals surface area (Å²) in [5.74, 6) is -3.30. The number of hydrogen-bond acceptors (Lipinski definition) is 9. The fourth-order valence-corrected chi connectivity index (χ4v) is 9.14. The fraction of sp³-hybridized carbons (Fsp3) is 0.537. The number of Topliss-reactive ketones (excluding diaryl/α,β-unsaturated/α-hetero) is 2. The molecule has 0 bridgehead atoms. The number of sulfonamides is 1. The second-order valence-electron chi connectivity index (χ2n) is 15.3. The van der Waals surface area contributed by atoms with Crippen molar-refractivity contribution in [3.63, 3.8) is 0 Å². The molecule has 5 atom stereocenters. The number of anilines is 1. The number of rotatable bonds is 7. The summed E-state index contributed by atoms with van der Waals surface area (Å²) in [6.07, 6.45) is 4.87. The van der Waals surface area contributed by atoms with Gasteiger partial charge in [0.25, 0.3) is 0 Å². The van der Waals surface area contributed by atoms with Gasteiger partial charge < -0.3 is 24.5 Å². The number of ether oxygens (including phenoxy) is 1. The van der Waals surface area contributed by atoms with Crippen LogP contribution in [0, 0.1) is 23.6 Å². The van der Waals surface area contributed by atoms with Crippen LogP contribution < -0.4 is 4.90 Å². The number of carbonyl (C=O) groups is 3. The van der Waals surface area contributed by atoms with Gasteiger partial charge in [-0.15, -0.1) is 0 Å². The smallest absolute Gasteiger partial charge is 0.410 e. The molecule has 2 saturated heterocycles. The van der Waals surface area contributed by atoms with Crippen molar-refractivity contribution in [2.45, 2.75) is 76.0 Å². The average Bonchev–Trinajstić information content (AvgIpc) is 3.15. The maximum Gasteiger partial charge on any atom is 0.410 e. The van der Waals surface area contributed by atoms with Gasteiger partial charge >= 0.3 is 6.09 Å². The lowest BCUT2D eigenvalue weighted by Crippen LogP contribution is -2.48. The van der Waals surface area contributed by atoms with Gasteiger partial charge in [0, 0.05) is 64.5 Å². The van der Waals surface area contributed by atoms with Gasteiger partial charge in [-0.1, -0.05) is 49.8 Å². The average molecular weight is 767 g/mol. The Labute approximate surface area is 319 Å². The number of likely N-dealkylation sites (N-methyl/N-ethyl adjacent to an activating group) is 1. The Morgan fingerprint density at radius 1 is 0.944 bits per heavy atom. The minimum Gasteiger partial charge on any atom is -0.442 e. The van der Waals surface area contributed by atoms with E-state index in [9.17, 15) is 27.9 Å². The lowest BCUT2D eigenvalue weighted by molar-refractivity contribution is -0.140. The summed E-state index contributed by atoms with van der Waals surface area (Å²) in [7, 11) is 0.262. The van der Waals surface area contributed by atoms with Crippen LogP contribution in [0.5, 0.6) is 0 Å². The van der Waals surface area contributed by atoms with Gasteiger partial charge in [-0.2, -0.15) is 4.31 Å². The van der Waals surface area contributed by atoms with Gasteiger partial charge in [-0.05, 0) is 93.5 Å². The third-order valence-corrected chi connectivity index (χ3v) is 13.1. The van der Waals surface area contributed by atoms with Crippen LogP contribution in [0.1, 0.15) is 58.4 Å². The number of carbonyl (C=O) groups excluding carboxylic acids is 3. The van der Waals surface area contributed by atoms with E-state index in [0.29, 0.717) is 62.3 Å². The number of benzene rings is 2. The maximum absolute atomic E-state index is 15.2. The zero-order chi connectivity index (χ0) is 39.2. The van der Waals surface area contributed by atoms with Gasteiger partial charge in [-0.3, -0.25) is 9.59 Å². The summed E-state index contributed by atoms with van der Waals surface area (Å²) < 4.78 is 49.0. The monoisotopic (exact) mass is 766 g/mol. The number of aliphatic hydroxyl groups is 1. The van der Waals surface area contributed by atoms with Gasteiger partial charge in [0.05, 0.1) is 16.9 Å². The van der Waals surface area contributed by atoms with E-state index >= 15 is 4.39 Å². The van der Waals surface area contributed by atoms with Crippen molar-refractivity contribution in [2.24, 2.45) is 17.8 Å². The number of allylic oxidation sites excluding steroid dienone is 2. The number of amides is 1. The lowest BCUT2D eigenvalue weighted by Gasteiger charge is -2.37. The quantitative estimate of drug-likeness (QED) is 0.291. The normalized spacial score (nSPS) is 26.8. The summed E-state index contributed by atoms with van der Waals surface area (Å²) in [5, 5.41) is 10.7. The first-order chi connectivity index (χ1) is 25.6. The highest BCUT2D eigenvalue weighted by molar-refractivity contribution is 7.89. The second-order valence-corrected chi connectivity index (χ2v) is 17.2. The van der Waals surface area contributed by atoms with E-state index in [1.807, 2.05) is 45.0 Å². The molecule has 0 aromatic heterocycles. The Morgan fingerprint density at radius 2 is 1.61 bits per heavy atom. The maximum atomic E-state index is 15.2. The molecule has 1 N–H and O–H groups in total. The molecule has 0 spiro atoms. The van der Waals surface area contributed by atoms with Crippen LogP contribution in [0.4, 0.5) is 14.9 Å². The van der Waals surface area contributed by atoms with Crippen LogP contribution in [0.2, 0.25) is 0 Å². The molecular weight excluding hydrogens is 712 g/mol. The number of nitrogens with zero attached hydrogens (tertiary/aromatic N) is 4.